The molecule has 0 atom stereocenters. The zero-order valence-electron chi connectivity index (χ0n) is 46.6. The van der Waals surface area contributed by atoms with Gasteiger partial charge in [0.15, 0.2) is 0 Å². The molecule has 16 rings (SSSR count). The van der Waals surface area contributed by atoms with Crippen molar-refractivity contribution in [1.29, 1.82) is 0 Å². The molecule has 8 heteroatoms. The Labute approximate surface area is 497 Å². The van der Waals surface area contributed by atoms with Crippen LogP contribution in [0.15, 0.2) is 316 Å². The Hall–Kier alpha value is -11.7. The second kappa shape index (κ2) is 21.2. The Balaban J connectivity index is 0.851. The molecule has 0 aliphatic carbocycles. The summed E-state index contributed by atoms with van der Waals surface area (Å²) in [6, 6.07) is 103. The number of aromatic nitrogens is 6. The van der Waals surface area contributed by atoms with Crippen molar-refractivity contribution in [2.75, 3.05) is 9.80 Å². The van der Waals surface area contributed by atoms with E-state index in [2.05, 4.69) is 286 Å². The first kappa shape index (κ1) is 50.0. The summed E-state index contributed by atoms with van der Waals surface area (Å²) in [6.45, 7) is 0. The number of fused-ring (bicyclic) bond motifs is 5. The summed E-state index contributed by atoms with van der Waals surface area (Å²) in [5.74, 6) is 0. The number of benzene rings is 11. The van der Waals surface area contributed by atoms with Gasteiger partial charge in [0.05, 0.1) is 33.8 Å². The molecule has 0 saturated carbocycles. The zero-order chi connectivity index (χ0) is 56.9. The van der Waals surface area contributed by atoms with Crippen molar-refractivity contribution < 1.29 is 0 Å². The fourth-order valence-corrected chi connectivity index (χ4v) is 12.0. The molecule has 0 N–H and O–H groups in total. The summed E-state index contributed by atoms with van der Waals surface area (Å²) in [5, 5.41) is 4.70. The van der Waals surface area contributed by atoms with Crippen LogP contribution in [-0.2, 0) is 0 Å². The largest absolute Gasteiger partial charge is 0.311 e. The number of nitrogens with zero attached hydrogens (tertiary/aromatic N) is 8. The third-order valence-corrected chi connectivity index (χ3v) is 16.3. The monoisotopic (exact) mass is 1100 g/mol. The highest BCUT2D eigenvalue weighted by Gasteiger charge is 2.22. The highest BCUT2D eigenvalue weighted by atomic mass is 15.1. The quantitative estimate of drug-likeness (QED) is 0.121. The van der Waals surface area contributed by atoms with Gasteiger partial charge in [0.25, 0.3) is 0 Å². The standard InChI is InChI=1S/C78H52N8/c1-3-19-63(20-4-1)85(65-37-29-55(30-38-65)71-51-83-47-13-11-23-73(83)79-71)67-41-33-57(34-42-67)75-76(58-35-43-68(44-36-58)86(64-21-5-2-6-22-64)66-39-31-56(32-40-66)72-52-84-48-14-12-24-74(84)80-72)82-78-70(62-28-26-54-16-8-10-18-60(54)50-62)46-45-69(77(78)81-75)61-27-25-53-15-7-9-17-59(53)49-61/h1-52H. The maximum Gasteiger partial charge on any atom is 0.137 e. The van der Waals surface area contributed by atoms with E-state index in [1.54, 1.807) is 0 Å². The maximum atomic E-state index is 5.87. The summed E-state index contributed by atoms with van der Waals surface area (Å²) < 4.78 is 4.11. The summed E-state index contributed by atoms with van der Waals surface area (Å²) in [7, 11) is 0. The van der Waals surface area contributed by atoms with Gasteiger partial charge in [0, 0.05) is 92.3 Å². The Morgan fingerprint density at radius 1 is 0.244 bits per heavy atom. The van der Waals surface area contributed by atoms with E-state index in [1.165, 1.54) is 10.8 Å². The minimum atomic E-state index is 0.778. The summed E-state index contributed by atoms with van der Waals surface area (Å²) in [4.78, 5) is 26.2. The smallest absolute Gasteiger partial charge is 0.137 e. The first-order valence-corrected chi connectivity index (χ1v) is 28.9. The van der Waals surface area contributed by atoms with Crippen LogP contribution in [0.25, 0.3) is 111 Å². The molecule has 5 heterocycles. The molecule has 0 amide bonds. The maximum absolute atomic E-state index is 5.87. The third-order valence-electron chi connectivity index (χ3n) is 16.3. The number of para-hydroxylation sites is 2. The molecule has 16 aromatic rings. The molecule has 0 saturated heterocycles. The van der Waals surface area contributed by atoms with Gasteiger partial charge < -0.3 is 18.6 Å². The lowest BCUT2D eigenvalue weighted by Gasteiger charge is -2.26. The van der Waals surface area contributed by atoms with Gasteiger partial charge in [0.2, 0.25) is 0 Å². The fourth-order valence-electron chi connectivity index (χ4n) is 12.0. The highest BCUT2D eigenvalue weighted by Crippen LogP contribution is 2.44. The van der Waals surface area contributed by atoms with E-state index in [0.29, 0.717) is 0 Å². The molecule has 0 fully saturated rings. The summed E-state index contributed by atoms with van der Waals surface area (Å²) in [6.07, 6.45) is 8.22. The first-order valence-electron chi connectivity index (χ1n) is 28.9. The van der Waals surface area contributed by atoms with Crippen molar-refractivity contribution in [3.8, 4) is 67.3 Å². The topological polar surface area (TPSA) is 66.9 Å². The van der Waals surface area contributed by atoms with E-state index in [9.17, 15) is 0 Å². The second-order valence-corrected chi connectivity index (χ2v) is 21.6. The highest BCUT2D eigenvalue weighted by molar-refractivity contribution is 6.05. The zero-order valence-corrected chi connectivity index (χ0v) is 46.6. The number of hydrogen-bond donors (Lipinski definition) is 0. The number of imidazole rings is 2. The van der Waals surface area contributed by atoms with Gasteiger partial charge in [-0.1, -0.05) is 182 Å². The van der Waals surface area contributed by atoms with Gasteiger partial charge >= 0.3 is 0 Å². The third kappa shape index (κ3) is 9.24. The average Bonchev–Trinajstić information content (AvgIpc) is 1.93. The summed E-state index contributed by atoms with van der Waals surface area (Å²) in [5.41, 5.74) is 21.2. The van der Waals surface area contributed by atoms with E-state index < -0.39 is 0 Å². The van der Waals surface area contributed by atoms with Crippen LogP contribution < -0.4 is 9.80 Å². The molecule has 86 heavy (non-hydrogen) atoms. The number of anilines is 6. The van der Waals surface area contributed by atoms with Gasteiger partial charge in [-0.3, -0.25) is 0 Å². The molecule has 0 radical (unpaired) electrons. The molecule has 0 aliphatic rings. The fraction of sp³-hybridized carbons (Fsp3) is 0. The van der Waals surface area contributed by atoms with E-state index in [-0.39, 0.29) is 0 Å². The van der Waals surface area contributed by atoms with Crippen LogP contribution >= 0.6 is 0 Å². The lowest BCUT2D eigenvalue weighted by Crippen LogP contribution is -2.10. The predicted molar refractivity (Wildman–Crippen MR) is 354 cm³/mol. The van der Waals surface area contributed by atoms with Crippen LogP contribution in [0.1, 0.15) is 0 Å². The Bertz CT molecular complexity index is 4760. The molecule has 0 aliphatic heterocycles. The van der Waals surface area contributed by atoms with E-state index in [1.807, 2.05) is 48.8 Å². The lowest BCUT2D eigenvalue weighted by atomic mass is 9.94. The molecule has 8 nitrogen and oxygen atoms in total. The lowest BCUT2D eigenvalue weighted by molar-refractivity contribution is 1.19. The van der Waals surface area contributed by atoms with Crippen LogP contribution in [0.4, 0.5) is 34.1 Å². The number of hydrogen-bond acceptors (Lipinski definition) is 6. The van der Waals surface area contributed by atoms with Gasteiger partial charge in [0.1, 0.15) is 11.3 Å². The van der Waals surface area contributed by atoms with Crippen LogP contribution in [0.2, 0.25) is 0 Å². The Morgan fingerprint density at radius 3 is 0.953 bits per heavy atom. The molecular weight excluding hydrogens is 1050 g/mol. The molecule has 11 aromatic carbocycles. The minimum Gasteiger partial charge on any atom is -0.311 e. The van der Waals surface area contributed by atoms with Gasteiger partial charge in [-0.25, -0.2) is 19.9 Å². The molecule has 0 spiro atoms. The van der Waals surface area contributed by atoms with Crippen molar-refractivity contribution in [3.05, 3.63) is 316 Å². The number of rotatable bonds is 12. The first-order chi connectivity index (χ1) is 42.6. The predicted octanol–water partition coefficient (Wildman–Crippen LogP) is 20.2. The Kier molecular flexibility index (Phi) is 12.3. The van der Waals surface area contributed by atoms with Crippen LogP contribution in [0, 0.1) is 0 Å². The van der Waals surface area contributed by atoms with Crippen molar-refractivity contribution in [2.24, 2.45) is 0 Å². The van der Waals surface area contributed by atoms with Crippen LogP contribution in [0.3, 0.4) is 0 Å². The SMILES string of the molecule is c1ccc(N(c2ccc(-c3cn4ccccc4n3)cc2)c2ccc(-c3nc4c(-c5ccc6ccccc6c5)ccc(-c5ccc6ccccc6c5)c4nc3-c3ccc(N(c4ccccc4)c4ccc(-c5cn6ccccc6n5)cc4)cc3)cc2)cc1. The number of pyridine rings is 2. The van der Waals surface area contributed by atoms with Gasteiger partial charge in [-0.2, -0.15) is 0 Å². The molecule has 5 aromatic heterocycles. The van der Waals surface area contributed by atoms with E-state index in [0.717, 1.165) is 135 Å². The minimum absolute atomic E-state index is 0.778. The van der Waals surface area contributed by atoms with Crippen LogP contribution in [-0.4, -0.2) is 28.7 Å². The average molecular weight is 1100 g/mol. The van der Waals surface area contributed by atoms with E-state index >= 15 is 0 Å². The second-order valence-electron chi connectivity index (χ2n) is 21.6. The van der Waals surface area contributed by atoms with Crippen LogP contribution in [0.5, 0.6) is 0 Å². The summed E-state index contributed by atoms with van der Waals surface area (Å²) >= 11 is 0. The normalized spacial score (nSPS) is 11.5. The van der Waals surface area contributed by atoms with Crippen molar-refractivity contribution in [1.82, 2.24) is 28.7 Å². The molecule has 404 valence electrons. The molecular formula is C78H52N8. The molecule has 0 bridgehead atoms. The molecule has 0 unspecified atom stereocenters. The Morgan fingerprint density at radius 2 is 0.570 bits per heavy atom. The van der Waals surface area contributed by atoms with Gasteiger partial charge in [-0.05, 0) is 142 Å². The van der Waals surface area contributed by atoms with Gasteiger partial charge in [-0.15, -0.1) is 0 Å². The van der Waals surface area contributed by atoms with E-state index in [4.69, 9.17) is 19.9 Å². The van der Waals surface area contributed by atoms with Crippen molar-refractivity contribution in [3.63, 3.8) is 0 Å². The van der Waals surface area contributed by atoms with Crippen molar-refractivity contribution in [2.45, 2.75) is 0 Å². The van der Waals surface area contributed by atoms with Crippen molar-refractivity contribution >= 4 is 78.0 Å².